The number of nitro groups is 1. The van der Waals surface area contributed by atoms with Gasteiger partial charge in [0.05, 0.1) is 35.1 Å². The van der Waals surface area contributed by atoms with Crippen LogP contribution in [0.4, 0.5) is 10.8 Å². The molecule has 146 valence electrons. The van der Waals surface area contributed by atoms with E-state index in [9.17, 15) is 10.1 Å². The van der Waals surface area contributed by atoms with E-state index in [4.69, 9.17) is 15.2 Å². The van der Waals surface area contributed by atoms with Crippen molar-refractivity contribution >= 4 is 33.2 Å². The number of pyridine rings is 1. The summed E-state index contributed by atoms with van der Waals surface area (Å²) in [6.45, 7) is 0. The SMILES string of the molecule is COc1ccc(-c2cc3c(N)ncnc3nc2-c2ccc([N+](=O)[O-])s2)cc1OC. The van der Waals surface area contributed by atoms with Crippen LogP contribution in [0.25, 0.3) is 32.7 Å². The largest absolute Gasteiger partial charge is 0.493 e. The number of nitrogens with two attached hydrogens (primary N) is 1. The molecule has 9 nitrogen and oxygen atoms in total. The number of aromatic nitrogens is 3. The van der Waals surface area contributed by atoms with Crippen LogP contribution in [0.15, 0.2) is 42.7 Å². The lowest BCUT2D eigenvalue weighted by atomic mass is 10.0. The molecule has 10 heteroatoms. The molecular weight excluding hydrogens is 394 g/mol. The Morgan fingerprint density at radius 1 is 1.07 bits per heavy atom. The molecular formula is C19H15N5O4S. The Labute approximate surface area is 168 Å². The normalized spacial score (nSPS) is 10.8. The monoisotopic (exact) mass is 409 g/mol. The number of methoxy groups -OCH3 is 2. The Hall–Kier alpha value is -3.79. The van der Waals surface area contributed by atoms with Gasteiger partial charge >= 0.3 is 5.00 Å². The average molecular weight is 409 g/mol. The first-order valence-electron chi connectivity index (χ1n) is 8.40. The number of nitrogen functional groups attached to an aromatic ring is 1. The van der Waals surface area contributed by atoms with Gasteiger partial charge in [0.25, 0.3) is 0 Å². The Morgan fingerprint density at radius 2 is 1.86 bits per heavy atom. The Balaban J connectivity index is 2.00. The van der Waals surface area contributed by atoms with Crippen molar-refractivity contribution in [1.82, 2.24) is 15.0 Å². The zero-order chi connectivity index (χ0) is 20.5. The van der Waals surface area contributed by atoms with Gasteiger partial charge in [0.1, 0.15) is 12.1 Å². The predicted octanol–water partition coefficient (Wildman–Crippen LogP) is 3.93. The van der Waals surface area contributed by atoms with Crippen molar-refractivity contribution in [3.05, 3.63) is 52.8 Å². The molecule has 0 spiro atoms. The highest BCUT2D eigenvalue weighted by molar-refractivity contribution is 7.18. The second-order valence-corrected chi connectivity index (χ2v) is 7.04. The quantitative estimate of drug-likeness (QED) is 0.388. The zero-order valence-corrected chi connectivity index (χ0v) is 16.3. The summed E-state index contributed by atoms with van der Waals surface area (Å²) in [6, 6.07) is 10.4. The molecule has 0 radical (unpaired) electrons. The number of anilines is 1. The van der Waals surface area contributed by atoms with E-state index < -0.39 is 4.92 Å². The van der Waals surface area contributed by atoms with Crippen LogP contribution in [0.1, 0.15) is 0 Å². The van der Waals surface area contributed by atoms with Crippen LogP contribution in [-0.4, -0.2) is 34.1 Å². The predicted molar refractivity (Wildman–Crippen MR) is 110 cm³/mol. The summed E-state index contributed by atoms with van der Waals surface area (Å²) < 4.78 is 10.7. The molecule has 4 rings (SSSR count). The summed E-state index contributed by atoms with van der Waals surface area (Å²) in [5, 5.41) is 11.8. The van der Waals surface area contributed by atoms with Gasteiger partial charge in [0, 0.05) is 11.6 Å². The molecule has 4 aromatic rings. The number of hydrogen-bond donors (Lipinski definition) is 1. The first kappa shape index (κ1) is 18.6. The van der Waals surface area contributed by atoms with Gasteiger partial charge < -0.3 is 15.2 Å². The van der Waals surface area contributed by atoms with E-state index >= 15 is 0 Å². The third-order valence-corrected chi connectivity index (χ3v) is 5.40. The van der Waals surface area contributed by atoms with E-state index in [1.807, 2.05) is 18.2 Å². The maximum absolute atomic E-state index is 11.1. The summed E-state index contributed by atoms with van der Waals surface area (Å²) in [5.41, 5.74) is 8.48. The van der Waals surface area contributed by atoms with Gasteiger partial charge in [-0.2, -0.15) is 0 Å². The third-order valence-electron chi connectivity index (χ3n) is 4.35. The maximum atomic E-state index is 11.1. The van der Waals surface area contributed by atoms with Crippen LogP contribution in [0, 0.1) is 10.1 Å². The molecule has 0 fully saturated rings. The molecule has 0 saturated carbocycles. The zero-order valence-electron chi connectivity index (χ0n) is 15.4. The molecule has 0 amide bonds. The van der Waals surface area contributed by atoms with E-state index in [2.05, 4.69) is 15.0 Å². The van der Waals surface area contributed by atoms with Gasteiger partial charge in [-0.1, -0.05) is 17.4 Å². The van der Waals surface area contributed by atoms with Crippen molar-refractivity contribution < 1.29 is 14.4 Å². The highest BCUT2D eigenvalue weighted by Gasteiger charge is 2.19. The minimum Gasteiger partial charge on any atom is -0.493 e. The second-order valence-electron chi connectivity index (χ2n) is 5.98. The van der Waals surface area contributed by atoms with Crippen molar-refractivity contribution in [3.63, 3.8) is 0 Å². The molecule has 0 unspecified atom stereocenters. The summed E-state index contributed by atoms with van der Waals surface area (Å²) in [7, 11) is 3.11. The Bertz CT molecular complexity index is 1240. The molecule has 0 aliphatic heterocycles. The molecule has 2 N–H and O–H groups in total. The molecule has 0 bridgehead atoms. The Kier molecular flexibility index (Phi) is 4.69. The standard InChI is InChI=1S/C19H15N5O4S/c1-27-13-4-3-10(7-14(13)28-2)11-8-12-18(20)21-9-22-19(12)23-17(11)15-5-6-16(29-15)24(25)26/h3-9H,1-2H3,(H2,20,21,22,23). The fourth-order valence-electron chi connectivity index (χ4n) is 2.97. The smallest absolute Gasteiger partial charge is 0.324 e. The lowest BCUT2D eigenvalue weighted by molar-refractivity contribution is -0.380. The minimum absolute atomic E-state index is 0.0300. The molecule has 0 saturated heterocycles. The fraction of sp³-hybridized carbons (Fsp3) is 0.105. The van der Waals surface area contributed by atoms with Crippen molar-refractivity contribution in [3.8, 4) is 33.2 Å². The second kappa shape index (κ2) is 7.32. The number of hydrogen-bond acceptors (Lipinski definition) is 9. The first-order valence-corrected chi connectivity index (χ1v) is 9.21. The maximum Gasteiger partial charge on any atom is 0.324 e. The molecule has 0 atom stereocenters. The fourth-order valence-corrected chi connectivity index (χ4v) is 3.79. The number of fused-ring (bicyclic) bond motifs is 1. The van der Waals surface area contributed by atoms with Crippen LogP contribution in [0.5, 0.6) is 11.5 Å². The van der Waals surface area contributed by atoms with Gasteiger partial charge in [-0.15, -0.1) is 0 Å². The lowest BCUT2D eigenvalue weighted by Crippen LogP contribution is -1.98. The molecule has 3 heterocycles. The first-order chi connectivity index (χ1) is 14.0. The summed E-state index contributed by atoms with van der Waals surface area (Å²) in [5.74, 6) is 1.43. The van der Waals surface area contributed by atoms with Crippen LogP contribution in [0.2, 0.25) is 0 Å². The summed E-state index contributed by atoms with van der Waals surface area (Å²) in [6.07, 6.45) is 1.33. The van der Waals surface area contributed by atoms with E-state index in [0.29, 0.717) is 38.9 Å². The van der Waals surface area contributed by atoms with Gasteiger partial charge in [-0.3, -0.25) is 10.1 Å². The lowest BCUT2D eigenvalue weighted by Gasteiger charge is -2.13. The van der Waals surface area contributed by atoms with Gasteiger partial charge in [-0.25, -0.2) is 15.0 Å². The topological polar surface area (TPSA) is 126 Å². The van der Waals surface area contributed by atoms with Crippen molar-refractivity contribution in [2.24, 2.45) is 0 Å². The third kappa shape index (κ3) is 3.29. The van der Waals surface area contributed by atoms with Crippen LogP contribution < -0.4 is 15.2 Å². The average Bonchev–Trinajstić information content (AvgIpc) is 3.23. The van der Waals surface area contributed by atoms with Crippen LogP contribution in [0.3, 0.4) is 0 Å². The molecule has 29 heavy (non-hydrogen) atoms. The molecule has 1 aromatic carbocycles. The van der Waals surface area contributed by atoms with E-state index in [0.717, 1.165) is 22.5 Å². The number of benzene rings is 1. The van der Waals surface area contributed by atoms with Crippen molar-refractivity contribution in [1.29, 1.82) is 0 Å². The van der Waals surface area contributed by atoms with Crippen molar-refractivity contribution in [2.45, 2.75) is 0 Å². The highest BCUT2D eigenvalue weighted by Crippen LogP contribution is 2.41. The van der Waals surface area contributed by atoms with Gasteiger partial charge in [-0.05, 0) is 29.8 Å². The number of thiophene rings is 1. The molecule has 0 aliphatic carbocycles. The summed E-state index contributed by atoms with van der Waals surface area (Å²) >= 11 is 1.04. The molecule has 3 aromatic heterocycles. The van der Waals surface area contributed by atoms with Crippen LogP contribution >= 0.6 is 11.3 Å². The van der Waals surface area contributed by atoms with Crippen LogP contribution in [-0.2, 0) is 0 Å². The highest BCUT2D eigenvalue weighted by atomic mass is 32.1. The Morgan fingerprint density at radius 3 is 2.55 bits per heavy atom. The van der Waals surface area contributed by atoms with Gasteiger partial charge in [0.2, 0.25) is 0 Å². The van der Waals surface area contributed by atoms with E-state index in [1.165, 1.54) is 12.4 Å². The number of ether oxygens (including phenoxy) is 2. The number of rotatable bonds is 5. The minimum atomic E-state index is -0.425. The van der Waals surface area contributed by atoms with E-state index in [-0.39, 0.29) is 5.00 Å². The van der Waals surface area contributed by atoms with Crippen molar-refractivity contribution in [2.75, 3.05) is 20.0 Å². The molecule has 0 aliphatic rings. The van der Waals surface area contributed by atoms with Gasteiger partial charge in [0.15, 0.2) is 17.1 Å². The summed E-state index contributed by atoms with van der Waals surface area (Å²) in [4.78, 5) is 24.2. The number of nitrogens with zero attached hydrogens (tertiary/aromatic N) is 4. The van der Waals surface area contributed by atoms with E-state index in [1.54, 1.807) is 26.4 Å².